The highest BCUT2D eigenvalue weighted by Gasteiger charge is 2.33. The minimum absolute atomic E-state index is 0.156. The van der Waals surface area contributed by atoms with Crippen molar-refractivity contribution >= 4 is 32.4 Å². The fraction of sp³-hybridized carbons (Fsp3) is 0.304. The van der Waals surface area contributed by atoms with E-state index in [4.69, 9.17) is 9.47 Å². The van der Waals surface area contributed by atoms with Crippen LogP contribution in [-0.4, -0.2) is 49.9 Å². The number of hydrogen-bond donors (Lipinski definition) is 1. The molecule has 3 aromatic rings. The van der Waals surface area contributed by atoms with Crippen LogP contribution >= 0.6 is 11.3 Å². The van der Waals surface area contributed by atoms with Crippen LogP contribution < -0.4 is 14.8 Å². The van der Waals surface area contributed by atoms with Gasteiger partial charge in [-0.3, -0.25) is 4.79 Å². The molecule has 1 N–H and O–H groups in total. The second kappa shape index (κ2) is 9.12. The van der Waals surface area contributed by atoms with Gasteiger partial charge in [0.15, 0.2) is 16.6 Å². The minimum Gasteiger partial charge on any atom is -0.486 e. The maximum absolute atomic E-state index is 12.9. The Kier molecular flexibility index (Phi) is 6.05. The lowest BCUT2D eigenvalue weighted by molar-refractivity contribution is -0.120. The summed E-state index contributed by atoms with van der Waals surface area (Å²) in [6, 6.07) is 14.0. The third-order valence-corrected chi connectivity index (χ3v) is 8.35. The highest BCUT2D eigenvalue weighted by Crippen LogP contribution is 2.35. The van der Waals surface area contributed by atoms with Crippen LogP contribution in [0.3, 0.4) is 0 Å². The van der Waals surface area contributed by atoms with Gasteiger partial charge < -0.3 is 14.8 Å². The van der Waals surface area contributed by atoms with Crippen LogP contribution in [0, 0.1) is 5.92 Å². The summed E-state index contributed by atoms with van der Waals surface area (Å²) < 4.78 is 38.5. The van der Waals surface area contributed by atoms with E-state index in [1.807, 2.05) is 23.6 Å². The number of aromatic nitrogens is 1. The first kappa shape index (κ1) is 21.9. The molecule has 3 heterocycles. The average Bonchev–Trinajstić information content (AvgIpc) is 3.33. The Bertz CT molecular complexity index is 1260. The van der Waals surface area contributed by atoms with E-state index in [0.29, 0.717) is 49.2 Å². The summed E-state index contributed by atoms with van der Waals surface area (Å²) in [5.74, 6) is 0.741. The number of benzene rings is 2. The van der Waals surface area contributed by atoms with E-state index in [0.717, 1.165) is 11.3 Å². The number of hydrogen-bond acceptors (Lipinski definition) is 7. The predicted molar refractivity (Wildman–Crippen MR) is 125 cm³/mol. The molecule has 1 unspecified atom stereocenters. The van der Waals surface area contributed by atoms with Gasteiger partial charge in [-0.15, -0.1) is 11.3 Å². The molecule has 0 saturated carbocycles. The van der Waals surface area contributed by atoms with Crippen molar-refractivity contribution in [1.82, 2.24) is 9.29 Å². The SMILES string of the molecule is O=C(Nc1nc(-c2ccc3c(c2)OCCO3)cs1)C1CCCN(S(=O)(=O)c2ccccc2)C1. The Morgan fingerprint density at radius 3 is 2.70 bits per heavy atom. The molecule has 0 spiro atoms. The van der Waals surface area contributed by atoms with Gasteiger partial charge >= 0.3 is 0 Å². The molecule has 1 fully saturated rings. The van der Waals surface area contributed by atoms with Crippen LogP contribution in [0.1, 0.15) is 12.8 Å². The highest BCUT2D eigenvalue weighted by atomic mass is 32.2. The van der Waals surface area contributed by atoms with Gasteiger partial charge in [0.25, 0.3) is 0 Å². The number of carbonyl (C=O) groups is 1. The molecule has 1 atom stereocenters. The number of anilines is 1. The Balaban J connectivity index is 1.26. The van der Waals surface area contributed by atoms with E-state index in [1.54, 1.807) is 30.3 Å². The number of sulfonamides is 1. The van der Waals surface area contributed by atoms with Crippen LogP contribution in [0.4, 0.5) is 5.13 Å². The number of rotatable bonds is 5. The molecule has 172 valence electrons. The molecule has 2 aliphatic heterocycles. The molecule has 2 aliphatic rings. The number of amides is 1. The first-order valence-corrected chi connectivity index (χ1v) is 13.0. The van der Waals surface area contributed by atoms with Gasteiger partial charge in [0.05, 0.1) is 16.5 Å². The predicted octanol–water partition coefficient (Wildman–Crippen LogP) is 3.62. The van der Waals surface area contributed by atoms with Gasteiger partial charge in [-0.1, -0.05) is 18.2 Å². The van der Waals surface area contributed by atoms with Gasteiger partial charge in [-0.25, -0.2) is 13.4 Å². The fourth-order valence-electron chi connectivity index (χ4n) is 3.99. The molecule has 8 nitrogen and oxygen atoms in total. The van der Waals surface area contributed by atoms with Crippen molar-refractivity contribution in [2.24, 2.45) is 5.92 Å². The zero-order chi connectivity index (χ0) is 22.8. The second-order valence-electron chi connectivity index (χ2n) is 7.90. The van der Waals surface area contributed by atoms with E-state index >= 15 is 0 Å². The van der Waals surface area contributed by atoms with E-state index in [2.05, 4.69) is 10.3 Å². The molecular weight excluding hydrogens is 462 g/mol. The number of thiazole rings is 1. The summed E-state index contributed by atoms with van der Waals surface area (Å²) in [6.07, 6.45) is 1.26. The lowest BCUT2D eigenvalue weighted by Crippen LogP contribution is -2.43. The van der Waals surface area contributed by atoms with Gasteiger partial charge in [0.2, 0.25) is 15.9 Å². The summed E-state index contributed by atoms with van der Waals surface area (Å²) in [5.41, 5.74) is 1.60. The zero-order valence-corrected chi connectivity index (χ0v) is 19.4. The number of nitrogens with one attached hydrogen (secondary N) is 1. The van der Waals surface area contributed by atoms with E-state index in [-0.39, 0.29) is 17.3 Å². The first-order chi connectivity index (χ1) is 16.0. The molecule has 5 rings (SSSR count). The number of piperidine rings is 1. The average molecular weight is 486 g/mol. The van der Waals surface area contributed by atoms with Gasteiger partial charge in [0, 0.05) is 24.0 Å². The van der Waals surface area contributed by atoms with Gasteiger partial charge in [-0.05, 0) is 43.2 Å². The Morgan fingerprint density at radius 2 is 1.88 bits per heavy atom. The third-order valence-electron chi connectivity index (χ3n) is 5.71. The number of fused-ring (bicyclic) bond motifs is 1. The number of ether oxygens (including phenoxy) is 2. The van der Waals surface area contributed by atoms with E-state index < -0.39 is 15.9 Å². The summed E-state index contributed by atoms with van der Waals surface area (Å²) in [5, 5.41) is 5.22. The van der Waals surface area contributed by atoms with Crippen molar-refractivity contribution in [1.29, 1.82) is 0 Å². The second-order valence-corrected chi connectivity index (χ2v) is 10.7. The molecular formula is C23H23N3O5S2. The molecule has 0 radical (unpaired) electrons. The number of nitrogens with zero attached hydrogens (tertiary/aromatic N) is 2. The lowest BCUT2D eigenvalue weighted by atomic mass is 9.99. The van der Waals surface area contributed by atoms with E-state index in [1.165, 1.54) is 15.6 Å². The molecule has 0 aliphatic carbocycles. The molecule has 1 saturated heterocycles. The van der Waals surface area contributed by atoms with Crippen molar-refractivity contribution in [3.63, 3.8) is 0 Å². The number of carbonyl (C=O) groups excluding carboxylic acids is 1. The van der Waals surface area contributed by atoms with Gasteiger partial charge in [-0.2, -0.15) is 4.31 Å². The van der Waals surface area contributed by atoms with Crippen LogP contribution in [0.15, 0.2) is 58.8 Å². The van der Waals surface area contributed by atoms with E-state index in [9.17, 15) is 13.2 Å². The normalized spacial score (nSPS) is 18.6. The Labute approximate surface area is 196 Å². The van der Waals surface area contributed by atoms with Crippen molar-refractivity contribution in [2.75, 3.05) is 31.6 Å². The largest absolute Gasteiger partial charge is 0.486 e. The maximum Gasteiger partial charge on any atom is 0.243 e. The molecule has 1 aromatic heterocycles. The van der Waals surface area contributed by atoms with Crippen LogP contribution in [0.2, 0.25) is 0 Å². The lowest BCUT2D eigenvalue weighted by Gasteiger charge is -2.31. The first-order valence-electron chi connectivity index (χ1n) is 10.7. The molecule has 2 aromatic carbocycles. The smallest absolute Gasteiger partial charge is 0.243 e. The molecule has 33 heavy (non-hydrogen) atoms. The Morgan fingerprint density at radius 1 is 1.09 bits per heavy atom. The van der Waals surface area contributed by atoms with Crippen molar-refractivity contribution < 1.29 is 22.7 Å². The minimum atomic E-state index is -3.62. The monoisotopic (exact) mass is 485 g/mol. The standard InChI is InChI=1S/C23H23N3O5S2/c27-22(17-5-4-10-26(14-17)33(28,29)18-6-2-1-3-7-18)25-23-24-19(15-32-23)16-8-9-20-21(13-16)31-12-11-30-20/h1-3,6-9,13,15,17H,4-5,10-12,14H2,(H,24,25,27). The summed E-state index contributed by atoms with van der Waals surface area (Å²) in [4.78, 5) is 17.7. The van der Waals surface area contributed by atoms with Crippen molar-refractivity contribution in [2.45, 2.75) is 17.7 Å². The summed E-state index contributed by atoms with van der Waals surface area (Å²) in [7, 11) is -3.62. The quantitative estimate of drug-likeness (QED) is 0.593. The van der Waals surface area contributed by atoms with Crippen molar-refractivity contribution in [3.8, 4) is 22.8 Å². The summed E-state index contributed by atoms with van der Waals surface area (Å²) >= 11 is 1.33. The zero-order valence-electron chi connectivity index (χ0n) is 17.8. The molecule has 0 bridgehead atoms. The molecule has 1 amide bonds. The van der Waals surface area contributed by atoms with Crippen molar-refractivity contribution in [3.05, 3.63) is 53.9 Å². The van der Waals surface area contributed by atoms with Crippen LogP contribution in [0.5, 0.6) is 11.5 Å². The Hall–Kier alpha value is -2.95. The highest BCUT2D eigenvalue weighted by molar-refractivity contribution is 7.89. The topological polar surface area (TPSA) is 97.8 Å². The summed E-state index contributed by atoms with van der Waals surface area (Å²) in [6.45, 7) is 1.60. The fourth-order valence-corrected chi connectivity index (χ4v) is 6.26. The van der Waals surface area contributed by atoms with Crippen LogP contribution in [0.25, 0.3) is 11.3 Å². The maximum atomic E-state index is 12.9. The van der Waals surface area contributed by atoms with Crippen LogP contribution in [-0.2, 0) is 14.8 Å². The molecule has 10 heteroatoms. The van der Waals surface area contributed by atoms with Gasteiger partial charge in [0.1, 0.15) is 13.2 Å². The third kappa shape index (κ3) is 4.59.